The summed E-state index contributed by atoms with van der Waals surface area (Å²) >= 11 is 0. The van der Waals surface area contributed by atoms with E-state index in [9.17, 15) is 13.9 Å². The van der Waals surface area contributed by atoms with E-state index in [0.29, 0.717) is 0 Å². The van der Waals surface area contributed by atoms with Crippen molar-refractivity contribution in [2.75, 3.05) is 6.61 Å². The number of halogens is 2. The van der Waals surface area contributed by atoms with Gasteiger partial charge in [-0.1, -0.05) is 19.9 Å². The van der Waals surface area contributed by atoms with Crippen LogP contribution in [-0.2, 0) is 5.41 Å². The third-order valence-electron chi connectivity index (χ3n) is 6.11. The van der Waals surface area contributed by atoms with E-state index >= 15 is 0 Å². The summed E-state index contributed by atoms with van der Waals surface area (Å²) in [4.78, 5) is 0. The van der Waals surface area contributed by atoms with Gasteiger partial charge in [-0.05, 0) is 47.9 Å². The average molecular weight is 316 g/mol. The molecule has 120 valence electrons. The highest BCUT2D eigenvalue weighted by Crippen LogP contribution is 2.67. The molecule has 1 N–H and O–H groups in total. The van der Waals surface area contributed by atoms with Crippen molar-refractivity contribution in [3.63, 3.8) is 0 Å². The quantitative estimate of drug-likeness (QED) is 0.921. The fourth-order valence-corrected chi connectivity index (χ4v) is 4.64. The number of aliphatic hydroxyl groups is 1. The number of nitrogens with zero attached hydrogens (tertiary/aromatic N) is 2. The van der Waals surface area contributed by atoms with Gasteiger partial charge in [-0.3, -0.25) is 0 Å². The molecule has 0 unspecified atom stereocenters. The van der Waals surface area contributed by atoms with Crippen LogP contribution in [0.1, 0.15) is 43.9 Å². The van der Waals surface area contributed by atoms with E-state index in [2.05, 4.69) is 24.0 Å². The van der Waals surface area contributed by atoms with Gasteiger partial charge in [0, 0.05) is 5.41 Å². The molecule has 2 aliphatic rings. The predicted molar refractivity (Wildman–Crippen MR) is 81.9 cm³/mol. The molecule has 0 aliphatic heterocycles. The van der Waals surface area contributed by atoms with Crippen LogP contribution in [0.2, 0.25) is 0 Å². The lowest BCUT2D eigenvalue weighted by Crippen LogP contribution is -2.39. The van der Waals surface area contributed by atoms with Crippen LogP contribution in [0, 0.1) is 17.0 Å². The SMILES string of the molecule is CC1(C)[C@H]2CC[C@@]1(CO)c1nnc(-c3c(F)cccc3F)cc12. The van der Waals surface area contributed by atoms with E-state index in [0.717, 1.165) is 24.1 Å². The maximum absolute atomic E-state index is 14.0. The first kappa shape index (κ1) is 14.7. The molecule has 2 aromatic rings. The standard InChI is InChI=1S/C18H18F2N2O/c1-17(2)11-6-7-18(17,9-23)16-10(11)8-14(21-22-16)15-12(19)4-3-5-13(15)20/h3-5,8,11,23H,6-7,9H2,1-2H3/t11-,18+/m0/s1. The zero-order chi connectivity index (χ0) is 16.4. The van der Waals surface area contributed by atoms with E-state index in [1.807, 2.05) is 0 Å². The summed E-state index contributed by atoms with van der Waals surface area (Å²) in [6, 6.07) is 5.53. The van der Waals surface area contributed by atoms with Gasteiger partial charge >= 0.3 is 0 Å². The molecule has 1 heterocycles. The minimum atomic E-state index is -0.640. The number of aliphatic hydroxyl groups excluding tert-OH is 1. The third kappa shape index (κ3) is 1.66. The van der Waals surface area contributed by atoms with Gasteiger partial charge in [0.05, 0.1) is 23.6 Å². The number of rotatable bonds is 2. The second kappa shape index (κ2) is 4.57. The van der Waals surface area contributed by atoms with Gasteiger partial charge in [-0.2, -0.15) is 10.2 Å². The summed E-state index contributed by atoms with van der Waals surface area (Å²) in [7, 11) is 0. The van der Waals surface area contributed by atoms with Crippen LogP contribution >= 0.6 is 0 Å². The Morgan fingerprint density at radius 2 is 1.91 bits per heavy atom. The second-order valence-corrected chi connectivity index (χ2v) is 7.18. The summed E-state index contributed by atoms with van der Waals surface area (Å²) in [5.41, 5.74) is 1.32. The molecular weight excluding hydrogens is 298 g/mol. The lowest BCUT2D eigenvalue weighted by molar-refractivity contribution is 0.107. The van der Waals surface area contributed by atoms with Crippen LogP contribution < -0.4 is 0 Å². The van der Waals surface area contributed by atoms with Crippen molar-refractivity contribution < 1.29 is 13.9 Å². The fraction of sp³-hybridized carbons (Fsp3) is 0.444. The molecule has 0 radical (unpaired) electrons. The Morgan fingerprint density at radius 3 is 2.57 bits per heavy atom. The summed E-state index contributed by atoms with van der Waals surface area (Å²) in [6.07, 6.45) is 1.82. The first-order valence-electron chi connectivity index (χ1n) is 7.86. The molecule has 0 amide bonds. The first-order valence-corrected chi connectivity index (χ1v) is 7.86. The van der Waals surface area contributed by atoms with Gasteiger partial charge in [-0.15, -0.1) is 0 Å². The lowest BCUT2D eigenvalue weighted by Gasteiger charge is -2.35. The highest BCUT2D eigenvalue weighted by atomic mass is 19.1. The molecule has 1 saturated carbocycles. The van der Waals surface area contributed by atoms with Crippen molar-refractivity contribution in [2.45, 2.75) is 38.0 Å². The number of hydrogen-bond acceptors (Lipinski definition) is 3. The smallest absolute Gasteiger partial charge is 0.135 e. The molecule has 5 heteroatoms. The molecule has 1 aromatic heterocycles. The molecule has 2 bridgehead atoms. The molecular formula is C18H18F2N2O. The molecule has 1 aromatic carbocycles. The first-order chi connectivity index (χ1) is 10.9. The van der Waals surface area contributed by atoms with Crippen molar-refractivity contribution in [3.05, 3.63) is 47.2 Å². The third-order valence-corrected chi connectivity index (χ3v) is 6.11. The van der Waals surface area contributed by atoms with Crippen molar-refractivity contribution in [1.29, 1.82) is 0 Å². The number of hydrogen-bond donors (Lipinski definition) is 1. The van der Waals surface area contributed by atoms with E-state index in [-0.39, 0.29) is 29.2 Å². The van der Waals surface area contributed by atoms with E-state index in [1.54, 1.807) is 6.07 Å². The molecule has 3 nitrogen and oxygen atoms in total. The molecule has 1 fully saturated rings. The molecule has 4 rings (SSSR count). The molecule has 2 aliphatic carbocycles. The predicted octanol–water partition coefficient (Wildman–Crippen LogP) is 3.57. The largest absolute Gasteiger partial charge is 0.395 e. The van der Waals surface area contributed by atoms with Crippen LogP contribution in [0.3, 0.4) is 0 Å². The van der Waals surface area contributed by atoms with Crippen LogP contribution in [0.4, 0.5) is 8.78 Å². The Morgan fingerprint density at radius 1 is 1.22 bits per heavy atom. The Kier molecular flexibility index (Phi) is 2.92. The zero-order valence-electron chi connectivity index (χ0n) is 13.1. The van der Waals surface area contributed by atoms with E-state index in [1.165, 1.54) is 18.2 Å². The van der Waals surface area contributed by atoms with Gasteiger partial charge in [-0.25, -0.2) is 8.78 Å². The van der Waals surface area contributed by atoms with Crippen molar-refractivity contribution >= 4 is 0 Å². The van der Waals surface area contributed by atoms with E-state index < -0.39 is 17.0 Å². The number of aromatic nitrogens is 2. The monoisotopic (exact) mass is 316 g/mol. The average Bonchev–Trinajstić information content (AvgIpc) is 2.88. The summed E-state index contributed by atoms with van der Waals surface area (Å²) in [5.74, 6) is -1.05. The number of benzene rings is 1. The molecule has 2 atom stereocenters. The van der Waals surface area contributed by atoms with Gasteiger partial charge in [0.25, 0.3) is 0 Å². The van der Waals surface area contributed by atoms with Crippen molar-refractivity contribution in [1.82, 2.24) is 10.2 Å². The van der Waals surface area contributed by atoms with Crippen molar-refractivity contribution in [3.8, 4) is 11.3 Å². The van der Waals surface area contributed by atoms with E-state index in [4.69, 9.17) is 0 Å². The van der Waals surface area contributed by atoms with Gasteiger partial charge in [0.1, 0.15) is 11.6 Å². The maximum atomic E-state index is 14.0. The fourth-order valence-electron chi connectivity index (χ4n) is 4.64. The summed E-state index contributed by atoms with van der Waals surface area (Å²) < 4.78 is 28.0. The van der Waals surface area contributed by atoms with Crippen LogP contribution in [0.5, 0.6) is 0 Å². The summed E-state index contributed by atoms with van der Waals surface area (Å²) in [5, 5.41) is 18.4. The topological polar surface area (TPSA) is 46.0 Å². The number of fused-ring (bicyclic) bond motifs is 5. The van der Waals surface area contributed by atoms with Gasteiger partial charge in [0.2, 0.25) is 0 Å². The maximum Gasteiger partial charge on any atom is 0.135 e. The molecule has 23 heavy (non-hydrogen) atoms. The summed E-state index contributed by atoms with van der Waals surface area (Å²) in [6.45, 7) is 4.28. The zero-order valence-corrected chi connectivity index (χ0v) is 13.1. The Hall–Kier alpha value is -1.88. The Labute approximate surface area is 133 Å². The van der Waals surface area contributed by atoms with Crippen molar-refractivity contribution in [2.24, 2.45) is 5.41 Å². The highest BCUT2D eigenvalue weighted by Gasteiger charge is 2.63. The highest BCUT2D eigenvalue weighted by molar-refractivity contribution is 5.63. The van der Waals surface area contributed by atoms with Gasteiger partial charge < -0.3 is 5.11 Å². The molecule has 0 saturated heterocycles. The Balaban J connectivity index is 1.92. The minimum absolute atomic E-state index is 0.0194. The lowest BCUT2D eigenvalue weighted by atomic mass is 9.69. The van der Waals surface area contributed by atoms with Crippen LogP contribution in [-0.4, -0.2) is 21.9 Å². The normalized spacial score (nSPS) is 27.3. The van der Waals surface area contributed by atoms with Gasteiger partial charge in [0.15, 0.2) is 0 Å². The Bertz CT molecular complexity index is 785. The van der Waals surface area contributed by atoms with Crippen LogP contribution in [0.15, 0.2) is 24.3 Å². The van der Waals surface area contributed by atoms with Crippen LogP contribution in [0.25, 0.3) is 11.3 Å². The minimum Gasteiger partial charge on any atom is -0.395 e. The second-order valence-electron chi connectivity index (χ2n) is 7.18. The molecule has 0 spiro atoms.